The van der Waals surface area contributed by atoms with Crippen molar-refractivity contribution >= 4 is 5.97 Å². The molecule has 2 fully saturated rings. The Morgan fingerprint density at radius 2 is 1.64 bits per heavy atom. The van der Waals surface area contributed by atoms with Crippen LogP contribution < -0.4 is 4.74 Å². The van der Waals surface area contributed by atoms with E-state index in [1.165, 1.54) is 24.8 Å². The molecule has 0 amide bonds. The van der Waals surface area contributed by atoms with Crippen molar-refractivity contribution in [2.24, 2.45) is 17.8 Å². The maximum Gasteiger partial charge on any atom is 0.341 e. The summed E-state index contributed by atoms with van der Waals surface area (Å²) in [6.45, 7) is -0.332. The quantitative estimate of drug-likeness (QED) is 0.299. The van der Waals surface area contributed by atoms with Crippen LogP contribution in [-0.2, 0) is 11.2 Å². The van der Waals surface area contributed by atoms with Crippen molar-refractivity contribution in [3.8, 4) is 28.3 Å². The van der Waals surface area contributed by atoms with Gasteiger partial charge in [0.05, 0.1) is 0 Å². The number of carboxylic acid groups (broad SMARTS) is 1. The standard InChI is InChI=1S/C31H29NO4/c33-27(34)19-35-25-13-7-8-20(16-25)17-26-23-14-15-24(18-23)28(26)31-32-29(21-9-3-1-4-10-21)30(36-31)22-11-5-2-6-12-22/h1-13,16,23-24,26,28H,14-15,17-19H2,(H,33,34). The molecule has 36 heavy (non-hydrogen) atoms. The Balaban J connectivity index is 1.34. The smallest absolute Gasteiger partial charge is 0.341 e. The molecule has 1 aromatic heterocycles. The number of ether oxygens (including phenoxy) is 1. The molecular weight excluding hydrogens is 450 g/mol. The van der Waals surface area contributed by atoms with Gasteiger partial charge in [-0.3, -0.25) is 0 Å². The zero-order chi connectivity index (χ0) is 24.5. The Bertz CT molecular complexity index is 1290. The van der Waals surface area contributed by atoms with E-state index < -0.39 is 5.97 Å². The normalized spacial score (nSPS) is 22.6. The van der Waals surface area contributed by atoms with Gasteiger partial charge in [0.1, 0.15) is 11.4 Å². The van der Waals surface area contributed by atoms with Crippen LogP contribution in [-0.4, -0.2) is 22.7 Å². The van der Waals surface area contributed by atoms with Crippen LogP contribution in [0.25, 0.3) is 22.6 Å². The summed E-state index contributed by atoms with van der Waals surface area (Å²) in [6.07, 6.45) is 4.59. The molecule has 1 heterocycles. The highest BCUT2D eigenvalue weighted by molar-refractivity contribution is 5.76. The number of oxazole rings is 1. The number of nitrogens with zero attached hydrogens (tertiary/aromatic N) is 1. The topological polar surface area (TPSA) is 72.6 Å². The molecule has 0 spiro atoms. The summed E-state index contributed by atoms with van der Waals surface area (Å²) < 4.78 is 12.1. The summed E-state index contributed by atoms with van der Waals surface area (Å²) in [6, 6.07) is 28.4. The van der Waals surface area contributed by atoms with Gasteiger partial charge >= 0.3 is 5.97 Å². The molecular formula is C31H29NO4. The number of hydrogen-bond acceptors (Lipinski definition) is 4. The van der Waals surface area contributed by atoms with E-state index in [2.05, 4.69) is 30.3 Å². The van der Waals surface area contributed by atoms with E-state index in [-0.39, 0.29) is 12.5 Å². The van der Waals surface area contributed by atoms with Crippen molar-refractivity contribution in [3.05, 3.63) is 96.4 Å². The fraction of sp³-hybridized carbons (Fsp3) is 0.290. The number of rotatable bonds is 8. The van der Waals surface area contributed by atoms with Crippen LogP contribution in [0.2, 0.25) is 0 Å². The summed E-state index contributed by atoms with van der Waals surface area (Å²) in [7, 11) is 0. The van der Waals surface area contributed by atoms with Gasteiger partial charge in [-0.15, -0.1) is 0 Å². The first-order valence-electron chi connectivity index (χ1n) is 12.7. The third kappa shape index (κ3) is 4.41. The van der Waals surface area contributed by atoms with E-state index in [0.29, 0.717) is 23.5 Å². The average Bonchev–Trinajstić information content (AvgIpc) is 3.64. The average molecular weight is 480 g/mol. The van der Waals surface area contributed by atoms with Crippen molar-refractivity contribution in [1.82, 2.24) is 4.98 Å². The van der Waals surface area contributed by atoms with Gasteiger partial charge in [0.15, 0.2) is 18.3 Å². The minimum absolute atomic E-state index is 0.271. The lowest BCUT2D eigenvalue weighted by Crippen LogP contribution is -2.23. The first-order valence-corrected chi connectivity index (χ1v) is 12.7. The minimum Gasteiger partial charge on any atom is -0.482 e. The second kappa shape index (κ2) is 9.65. The molecule has 1 N–H and O–H groups in total. The number of fused-ring (bicyclic) bond motifs is 2. The van der Waals surface area contributed by atoms with Crippen LogP contribution in [0.3, 0.4) is 0 Å². The van der Waals surface area contributed by atoms with Gasteiger partial charge in [0, 0.05) is 17.0 Å². The van der Waals surface area contributed by atoms with Gasteiger partial charge in [-0.2, -0.15) is 0 Å². The first kappa shape index (κ1) is 22.6. The van der Waals surface area contributed by atoms with E-state index in [1.54, 1.807) is 0 Å². The maximum atomic E-state index is 10.9. The molecule has 0 saturated heterocycles. The van der Waals surface area contributed by atoms with Gasteiger partial charge in [0.2, 0.25) is 0 Å². The maximum absolute atomic E-state index is 10.9. The molecule has 4 atom stereocenters. The van der Waals surface area contributed by atoms with Gasteiger partial charge < -0.3 is 14.3 Å². The predicted molar refractivity (Wildman–Crippen MR) is 138 cm³/mol. The summed E-state index contributed by atoms with van der Waals surface area (Å²) in [5.74, 6) is 3.25. The van der Waals surface area contributed by atoms with Crippen molar-refractivity contribution in [3.63, 3.8) is 0 Å². The van der Waals surface area contributed by atoms with Crippen molar-refractivity contribution in [1.29, 1.82) is 0 Å². The fourth-order valence-corrected chi connectivity index (χ4v) is 6.32. The molecule has 2 bridgehead atoms. The number of hydrogen-bond donors (Lipinski definition) is 1. The van der Waals surface area contributed by atoms with E-state index in [4.69, 9.17) is 19.2 Å². The second-order valence-corrected chi connectivity index (χ2v) is 10.0. The molecule has 5 nitrogen and oxygen atoms in total. The Morgan fingerprint density at radius 3 is 2.39 bits per heavy atom. The zero-order valence-corrected chi connectivity index (χ0v) is 20.0. The number of aliphatic carboxylic acids is 1. The van der Waals surface area contributed by atoms with Crippen LogP contribution in [0.4, 0.5) is 0 Å². The fourth-order valence-electron chi connectivity index (χ4n) is 6.32. The molecule has 0 aliphatic heterocycles. The number of carbonyl (C=O) groups is 1. The lowest BCUT2D eigenvalue weighted by Gasteiger charge is -2.29. The molecule has 2 aliphatic carbocycles. The Kier molecular flexibility index (Phi) is 6.06. The molecule has 182 valence electrons. The molecule has 2 saturated carbocycles. The predicted octanol–water partition coefficient (Wildman–Crippen LogP) is 6.84. The van der Waals surface area contributed by atoms with Crippen LogP contribution in [0.5, 0.6) is 5.75 Å². The van der Waals surface area contributed by atoms with E-state index in [0.717, 1.165) is 34.9 Å². The minimum atomic E-state index is -0.971. The van der Waals surface area contributed by atoms with E-state index >= 15 is 0 Å². The summed E-state index contributed by atoms with van der Waals surface area (Å²) >= 11 is 0. The van der Waals surface area contributed by atoms with Crippen molar-refractivity contribution < 1.29 is 19.1 Å². The third-order valence-corrected chi connectivity index (χ3v) is 7.83. The number of aromatic nitrogens is 1. The molecule has 4 unspecified atom stereocenters. The van der Waals surface area contributed by atoms with Crippen molar-refractivity contribution in [2.45, 2.75) is 31.6 Å². The highest BCUT2D eigenvalue weighted by Gasteiger charge is 2.50. The number of carboxylic acids is 1. The van der Waals surface area contributed by atoms with Crippen LogP contribution in [0.1, 0.15) is 36.6 Å². The van der Waals surface area contributed by atoms with Crippen LogP contribution in [0.15, 0.2) is 89.3 Å². The van der Waals surface area contributed by atoms with E-state index in [1.807, 2.05) is 54.6 Å². The molecule has 6 rings (SSSR count). The van der Waals surface area contributed by atoms with Crippen molar-refractivity contribution in [2.75, 3.05) is 6.61 Å². The second-order valence-electron chi connectivity index (χ2n) is 10.0. The van der Waals surface area contributed by atoms with Crippen LogP contribution >= 0.6 is 0 Å². The van der Waals surface area contributed by atoms with Gasteiger partial charge in [0.25, 0.3) is 0 Å². The van der Waals surface area contributed by atoms with Gasteiger partial charge in [-0.05, 0) is 61.1 Å². The highest BCUT2D eigenvalue weighted by Crippen LogP contribution is 2.58. The lowest BCUT2D eigenvalue weighted by atomic mass is 9.76. The summed E-state index contributed by atoms with van der Waals surface area (Å²) in [4.78, 5) is 16.1. The SMILES string of the molecule is O=C(O)COc1cccc(CC2C3CCC(C3)C2c2nc(-c3ccccc3)c(-c3ccccc3)o2)c1. The van der Waals surface area contributed by atoms with Gasteiger partial charge in [-0.1, -0.05) is 72.8 Å². The molecule has 0 radical (unpaired) electrons. The summed E-state index contributed by atoms with van der Waals surface area (Å²) in [5, 5.41) is 8.95. The largest absolute Gasteiger partial charge is 0.482 e. The summed E-state index contributed by atoms with van der Waals surface area (Å²) in [5.41, 5.74) is 4.17. The first-order chi connectivity index (χ1) is 17.7. The molecule has 2 aliphatic rings. The Morgan fingerprint density at radius 1 is 0.917 bits per heavy atom. The number of benzene rings is 3. The molecule has 3 aromatic carbocycles. The lowest BCUT2D eigenvalue weighted by molar-refractivity contribution is -0.139. The Labute approximate surface area is 210 Å². The third-order valence-electron chi connectivity index (χ3n) is 7.83. The van der Waals surface area contributed by atoms with Crippen LogP contribution in [0, 0.1) is 17.8 Å². The molecule has 4 aromatic rings. The van der Waals surface area contributed by atoms with Gasteiger partial charge in [-0.25, -0.2) is 9.78 Å². The van der Waals surface area contributed by atoms with E-state index in [9.17, 15) is 4.79 Å². The highest BCUT2D eigenvalue weighted by atomic mass is 16.5. The monoisotopic (exact) mass is 479 g/mol. The Hall–Kier alpha value is -3.86. The molecule has 5 heteroatoms. The zero-order valence-electron chi connectivity index (χ0n) is 20.0.